The van der Waals surface area contributed by atoms with Crippen LogP contribution in [-0.4, -0.2) is 39.4 Å². The highest BCUT2D eigenvalue weighted by atomic mass is 16.2. The predicted molar refractivity (Wildman–Crippen MR) is 78.6 cm³/mol. The fourth-order valence-corrected chi connectivity index (χ4v) is 2.29. The molecule has 0 aliphatic carbocycles. The number of carbonyl (C=O) groups is 3. The lowest BCUT2D eigenvalue weighted by Crippen LogP contribution is -2.36. The Kier molecular flexibility index (Phi) is 3.69. The summed E-state index contributed by atoms with van der Waals surface area (Å²) in [7, 11) is 0. The van der Waals surface area contributed by atoms with E-state index >= 15 is 0 Å². The molecule has 1 aromatic carbocycles. The second-order valence-electron chi connectivity index (χ2n) is 4.97. The largest absolute Gasteiger partial charge is 0.325 e. The van der Waals surface area contributed by atoms with Crippen LogP contribution >= 0.6 is 0 Å². The van der Waals surface area contributed by atoms with Crippen LogP contribution in [0.5, 0.6) is 0 Å². The Hall–Kier alpha value is -2.96. The van der Waals surface area contributed by atoms with Gasteiger partial charge < -0.3 is 5.32 Å². The molecule has 1 aliphatic rings. The summed E-state index contributed by atoms with van der Waals surface area (Å²) in [4.78, 5) is 35.8. The second kappa shape index (κ2) is 5.80. The summed E-state index contributed by atoms with van der Waals surface area (Å²) >= 11 is 0. The van der Waals surface area contributed by atoms with Gasteiger partial charge in [0, 0.05) is 24.7 Å². The van der Waals surface area contributed by atoms with Gasteiger partial charge >= 0.3 is 0 Å². The van der Waals surface area contributed by atoms with E-state index in [0.29, 0.717) is 5.69 Å². The van der Waals surface area contributed by atoms with Gasteiger partial charge in [0.05, 0.1) is 5.69 Å². The van der Waals surface area contributed by atoms with Gasteiger partial charge in [-0.05, 0) is 23.8 Å². The van der Waals surface area contributed by atoms with Crippen molar-refractivity contribution in [3.63, 3.8) is 0 Å². The van der Waals surface area contributed by atoms with Crippen LogP contribution in [0.3, 0.4) is 0 Å². The molecule has 22 heavy (non-hydrogen) atoms. The van der Waals surface area contributed by atoms with Crippen LogP contribution in [0.2, 0.25) is 0 Å². The molecule has 0 bridgehead atoms. The van der Waals surface area contributed by atoms with Gasteiger partial charge in [0.25, 0.3) is 0 Å². The lowest BCUT2D eigenvalue weighted by Gasteiger charge is -2.13. The van der Waals surface area contributed by atoms with Gasteiger partial charge in [0.15, 0.2) is 0 Å². The monoisotopic (exact) mass is 298 g/mol. The average Bonchev–Trinajstić information content (AvgIpc) is 3.14. The maximum atomic E-state index is 11.9. The third kappa shape index (κ3) is 2.88. The summed E-state index contributed by atoms with van der Waals surface area (Å²) in [5, 5.41) is 9.40. The Morgan fingerprint density at radius 2 is 1.82 bits per heavy atom. The number of hydrogen-bond donors (Lipinski definition) is 2. The summed E-state index contributed by atoms with van der Waals surface area (Å²) in [6, 6.07) is 9.03. The number of nitrogens with one attached hydrogen (secondary N) is 2. The molecule has 0 unspecified atom stereocenters. The Morgan fingerprint density at radius 1 is 1.14 bits per heavy atom. The van der Waals surface area contributed by atoms with Crippen molar-refractivity contribution in [3.05, 3.63) is 36.5 Å². The maximum absolute atomic E-state index is 11.9. The first-order valence-electron chi connectivity index (χ1n) is 6.86. The van der Waals surface area contributed by atoms with Gasteiger partial charge in [0.2, 0.25) is 17.7 Å². The zero-order valence-electron chi connectivity index (χ0n) is 11.7. The number of imide groups is 1. The lowest BCUT2D eigenvalue weighted by atomic mass is 10.1. The minimum Gasteiger partial charge on any atom is -0.325 e. The molecule has 0 atom stereocenters. The van der Waals surface area contributed by atoms with E-state index in [4.69, 9.17) is 0 Å². The van der Waals surface area contributed by atoms with E-state index < -0.39 is 5.91 Å². The van der Waals surface area contributed by atoms with E-state index in [1.165, 1.54) is 0 Å². The van der Waals surface area contributed by atoms with Crippen LogP contribution in [0.25, 0.3) is 11.3 Å². The van der Waals surface area contributed by atoms with Crippen LogP contribution in [0.15, 0.2) is 36.5 Å². The Balaban J connectivity index is 1.62. The molecule has 1 saturated heterocycles. The van der Waals surface area contributed by atoms with E-state index in [-0.39, 0.29) is 31.2 Å². The molecule has 3 rings (SSSR count). The third-order valence-corrected chi connectivity index (χ3v) is 3.44. The van der Waals surface area contributed by atoms with E-state index in [0.717, 1.165) is 16.2 Å². The number of nitrogens with zero attached hydrogens (tertiary/aromatic N) is 2. The molecule has 1 fully saturated rings. The lowest BCUT2D eigenvalue weighted by molar-refractivity contribution is -0.141. The molecule has 7 nitrogen and oxygen atoms in total. The molecule has 2 aromatic rings. The fraction of sp³-hybridized carbons (Fsp3) is 0.200. The zero-order chi connectivity index (χ0) is 15.5. The minimum atomic E-state index is -0.391. The van der Waals surface area contributed by atoms with Gasteiger partial charge in [0.1, 0.15) is 6.54 Å². The van der Waals surface area contributed by atoms with Crippen molar-refractivity contribution < 1.29 is 14.4 Å². The molecule has 2 heterocycles. The average molecular weight is 298 g/mol. The highest BCUT2D eigenvalue weighted by Crippen LogP contribution is 2.19. The molecular formula is C15H14N4O3. The Labute approximate surface area is 126 Å². The number of amides is 3. The summed E-state index contributed by atoms with van der Waals surface area (Å²) < 4.78 is 0. The van der Waals surface area contributed by atoms with E-state index in [9.17, 15) is 14.4 Å². The molecule has 0 saturated carbocycles. The maximum Gasteiger partial charge on any atom is 0.244 e. The minimum absolute atomic E-state index is 0.186. The smallest absolute Gasteiger partial charge is 0.244 e. The molecular weight excluding hydrogens is 284 g/mol. The van der Waals surface area contributed by atoms with Gasteiger partial charge in [-0.15, -0.1) is 0 Å². The SMILES string of the molecule is O=C(CN1C(=O)CCC1=O)Nc1ccc(-c2ccn[nH]2)cc1. The highest BCUT2D eigenvalue weighted by molar-refractivity contribution is 6.06. The topological polar surface area (TPSA) is 95.2 Å². The Bertz CT molecular complexity index is 691. The van der Waals surface area contributed by atoms with E-state index in [2.05, 4.69) is 15.5 Å². The molecule has 3 amide bonds. The van der Waals surface area contributed by atoms with Crippen molar-refractivity contribution in [3.8, 4) is 11.3 Å². The number of aromatic amines is 1. The normalized spacial score (nSPS) is 14.5. The van der Waals surface area contributed by atoms with Crippen molar-refractivity contribution in [2.75, 3.05) is 11.9 Å². The number of likely N-dealkylation sites (tertiary alicyclic amines) is 1. The predicted octanol–water partition coefficient (Wildman–Crippen LogP) is 1.16. The quantitative estimate of drug-likeness (QED) is 0.828. The van der Waals surface area contributed by atoms with Crippen LogP contribution in [-0.2, 0) is 14.4 Å². The van der Waals surface area contributed by atoms with Crippen molar-refractivity contribution in [2.24, 2.45) is 0 Å². The van der Waals surface area contributed by atoms with Gasteiger partial charge in [-0.25, -0.2) is 0 Å². The van der Waals surface area contributed by atoms with E-state index in [1.54, 1.807) is 18.3 Å². The molecule has 1 aromatic heterocycles. The number of hydrogen-bond acceptors (Lipinski definition) is 4. The third-order valence-electron chi connectivity index (χ3n) is 3.44. The summed E-state index contributed by atoms with van der Waals surface area (Å²) in [5.74, 6) is -0.984. The Morgan fingerprint density at radius 3 is 2.41 bits per heavy atom. The molecule has 0 radical (unpaired) electrons. The number of H-pyrrole nitrogens is 1. The highest BCUT2D eigenvalue weighted by Gasteiger charge is 2.30. The summed E-state index contributed by atoms with van der Waals surface area (Å²) in [5.41, 5.74) is 2.43. The fourth-order valence-electron chi connectivity index (χ4n) is 2.29. The van der Waals surface area contributed by atoms with Crippen molar-refractivity contribution in [2.45, 2.75) is 12.8 Å². The number of carbonyl (C=O) groups excluding carboxylic acids is 3. The standard InChI is InChI=1S/C15H14N4O3/c20-13(9-19-14(21)5-6-15(19)22)17-11-3-1-10(2-4-11)12-7-8-16-18-12/h1-4,7-8H,5-6,9H2,(H,16,18)(H,17,20). The van der Waals surface area contributed by atoms with Crippen LogP contribution in [0.4, 0.5) is 5.69 Å². The van der Waals surface area contributed by atoms with Gasteiger partial charge in [-0.1, -0.05) is 12.1 Å². The first-order valence-corrected chi connectivity index (χ1v) is 6.86. The zero-order valence-corrected chi connectivity index (χ0v) is 11.7. The second-order valence-corrected chi connectivity index (χ2v) is 4.97. The number of anilines is 1. The number of rotatable bonds is 4. The first kappa shape index (κ1) is 14.0. The van der Waals surface area contributed by atoms with Crippen molar-refractivity contribution in [1.82, 2.24) is 15.1 Å². The summed E-state index contributed by atoms with van der Waals surface area (Å²) in [6.07, 6.45) is 2.03. The molecule has 112 valence electrons. The molecule has 2 N–H and O–H groups in total. The molecule has 1 aliphatic heterocycles. The summed E-state index contributed by atoms with van der Waals surface area (Å²) in [6.45, 7) is -0.236. The van der Waals surface area contributed by atoms with Gasteiger partial charge in [-0.3, -0.25) is 24.4 Å². The first-order chi connectivity index (χ1) is 10.6. The van der Waals surface area contributed by atoms with Crippen LogP contribution < -0.4 is 5.32 Å². The molecule has 0 spiro atoms. The molecule has 7 heteroatoms. The van der Waals surface area contributed by atoms with Gasteiger partial charge in [-0.2, -0.15) is 5.10 Å². The van der Waals surface area contributed by atoms with Crippen LogP contribution in [0.1, 0.15) is 12.8 Å². The number of benzene rings is 1. The van der Waals surface area contributed by atoms with E-state index in [1.807, 2.05) is 18.2 Å². The van der Waals surface area contributed by atoms with Crippen LogP contribution in [0, 0.1) is 0 Å². The van der Waals surface area contributed by atoms with Crippen molar-refractivity contribution in [1.29, 1.82) is 0 Å². The van der Waals surface area contributed by atoms with Crippen molar-refractivity contribution >= 4 is 23.4 Å². The number of aromatic nitrogens is 2.